The van der Waals surface area contributed by atoms with E-state index in [1.807, 2.05) is 59.7 Å². The molecule has 1 heterocycles. The molecule has 1 aliphatic heterocycles. The number of amides is 1. The smallest absolute Gasteiger partial charge is 0.399 e. The predicted octanol–water partition coefficient (Wildman–Crippen LogP) is 1.75. The standard InChI is InChI=1S/C18H28BNO4/c1-12-8-9-14(19-23-17(3,4)18(5,6)24-19)10-15(12)16(22)20(7)13(2)11-21/h8-10,13,21H,11H2,1-7H3/t13-/m1/s1. The molecule has 0 aliphatic carbocycles. The van der Waals surface area contributed by atoms with E-state index in [4.69, 9.17) is 9.31 Å². The molecule has 1 aromatic carbocycles. The Bertz CT molecular complexity index is 613. The van der Waals surface area contributed by atoms with Crippen molar-refractivity contribution in [3.8, 4) is 0 Å². The number of aliphatic hydroxyl groups excluding tert-OH is 1. The first-order chi connectivity index (χ1) is 11.0. The molecule has 1 atom stereocenters. The molecule has 1 saturated heterocycles. The van der Waals surface area contributed by atoms with Crippen LogP contribution in [0.25, 0.3) is 0 Å². The minimum atomic E-state index is -0.497. The summed E-state index contributed by atoms with van der Waals surface area (Å²) < 4.78 is 12.1. The molecule has 1 fully saturated rings. The number of likely N-dealkylation sites (N-methyl/N-ethyl adjacent to an activating group) is 1. The second-order valence-corrected chi connectivity index (χ2v) is 7.61. The number of rotatable bonds is 4. The Morgan fingerprint density at radius 2 is 1.79 bits per heavy atom. The van der Waals surface area contributed by atoms with Crippen molar-refractivity contribution in [3.63, 3.8) is 0 Å². The molecule has 6 heteroatoms. The molecule has 1 aliphatic rings. The van der Waals surface area contributed by atoms with E-state index in [9.17, 15) is 9.90 Å². The summed E-state index contributed by atoms with van der Waals surface area (Å²) in [6, 6.07) is 5.44. The lowest BCUT2D eigenvalue weighted by molar-refractivity contribution is 0.00578. The molecular formula is C18H28BNO4. The van der Waals surface area contributed by atoms with Gasteiger partial charge in [0.1, 0.15) is 0 Å². The summed E-state index contributed by atoms with van der Waals surface area (Å²) in [4.78, 5) is 14.3. The molecule has 2 rings (SSSR count). The summed E-state index contributed by atoms with van der Waals surface area (Å²) in [5.74, 6) is -0.118. The highest BCUT2D eigenvalue weighted by molar-refractivity contribution is 6.62. The summed E-state index contributed by atoms with van der Waals surface area (Å²) in [5, 5.41) is 9.28. The van der Waals surface area contributed by atoms with Gasteiger partial charge in [0.05, 0.1) is 23.9 Å². The first kappa shape index (κ1) is 19.0. The fraction of sp³-hybridized carbons (Fsp3) is 0.611. The monoisotopic (exact) mass is 333 g/mol. The molecule has 0 bridgehead atoms. The Balaban J connectivity index is 2.32. The van der Waals surface area contributed by atoms with Crippen molar-refractivity contribution in [3.05, 3.63) is 29.3 Å². The van der Waals surface area contributed by atoms with Gasteiger partial charge < -0.3 is 19.3 Å². The number of aryl methyl sites for hydroxylation is 1. The third-order valence-electron chi connectivity index (χ3n) is 5.26. The lowest BCUT2D eigenvalue weighted by Crippen LogP contribution is -2.41. The van der Waals surface area contributed by atoms with Gasteiger partial charge in [-0.2, -0.15) is 0 Å². The summed E-state index contributed by atoms with van der Waals surface area (Å²) >= 11 is 0. The second-order valence-electron chi connectivity index (χ2n) is 7.61. The summed E-state index contributed by atoms with van der Waals surface area (Å²) in [7, 11) is 1.20. The summed E-state index contributed by atoms with van der Waals surface area (Å²) in [6.07, 6.45) is 0. The minimum absolute atomic E-state index is 0.0712. The van der Waals surface area contributed by atoms with Crippen molar-refractivity contribution in [1.29, 1.82) is 0 Å². The van der Waals surface area contributed by atoms with E-state index in [1.165, 1.54) is 0 Å². The van der Waals surface area contributed by atoms with E-state index >= 15 is 0 Å². The SMILES string of the molecule is Cc1ccc(B2OC(C)(C)C(C)(C)O2)cc1C(=O)N(C)[C@H](C)CO. The van der Waals surface area contributed by atoms with Crippen LogP contribution in [0.4, 0.5) is 0 Å². The van der Waals surface area contributed by atoms with Gasteiger partial charge in [0.2, 0.25) is 0 Å². The van der Waals surface area contributed by atoms with Crippen LogP contribution in [-0.2, 0) is 9.31 Å². The van der Waals surface area contributed by atoms with Gasteiger partial charge in [-0.25, -0.2) is 0 Å². The van der Waals surface area contributed by atoms with Crippen molar-refractivity contribution in [2.75, 3.05) is 13.7 Å². The van der Waals surface area contributed by atoms with Gasteiger partial charge in [0.15, 0.2) is 0 Å². The van der Waals surface area contributed by atoms with Crippen LogP contribution in [0, 0.1) is 6.92 Å². The Morgan fingerprint density at radius 3 is 2.29 bits per heavy atom. The van der Waals surface area contributed by atoms with Gasteiger partial charge in [-0.15, -0.1) is 0 Å². The third-order valence-corrected chi connectivity index (χ3v) is 5.26. The molecule has 1 N–H and O–H groups in total. The normalized spacial score (nSPS) is 20.1. The number of hydrogen-bond acceptors (Lipinski definition) is 4. The lowest BCUT2D eigenvalue weighted by Gasteiger charge is -2.32. The van der Waals surface area contributed by atoms with E-state index < -0.39 is 18.3 Å². The fourth-order valence-electron chi connectivity index (χ4n) is 2.51. The van der Waals surface area contributed by atoms with Gasteiger partial charge in [0.25, 0.3) is 5.91 Å². The summed E-state index contributed by atoms with van der Waals surface area (Å²) in [6.45, 7) is 11.7. The molecule has 0 saturated carbocycles. The molecular weight excluding hydrogens is 305 g/mol. The Hall–Kier alpha value is -1.37. The van der Waals surface area contributed by atoms with Gasteiger partial charge in [-0.1, -0.05) is 12.1 Å². The van der Waals surface area contributed by atoms with Crippen molar-refractivity contribution < 1.29 is 19.2 Å². The van der Waals surface area contributed by atoms with Crippen LogP contribution in [-0.4, -0.2) is 53.9 Å². The number of carbonyl (C=O) groups is 1. The van der Waals surface area contributed by atoms with Crippen molar-refractivity contribution >= 4 is 18.5 Å². The van der Waals surface area contributed by atoms with Crippen LogP contribution in [0.3, 0.4) is 0 Å². The first-order valence-corrected chi connectivity index (χ1v) is 8.34. The Morgan fingerprint density at radius 1 is 1.25 bits per heavy atom. The maximum absolute atomic E-state index is 12.7. The maximum Gasteiger partial charge on any atom is 0.494 e. The van der Waals surface area contributed by atoms with Crippen LogP contribution in [0.5, 0.6) is 0 Å². The van der Waals surface area contributed by atoms with Crippen LogP contribution >= 0.6 is 0 Å². The van der Waals surface area contributed by atoms with Crippen molar-refractivity contribution in [2.24, 2.45) is 0 Å². The zero-order valence-corrected chi connectivity index (χ0v) is 15.7. The average Bonchev–Trinajstić information content (AvgIpc) is 2.73. The number of benzene rings is 1. The molecule has 1 aromatic rings. The highest BCUT2D eigenvalue weighted by Crippen LogP contribution is 2.36. The molecule has 0 unspecified atom stereocenters. The molecule has 5 nitrogen and oxygen atoms in total. The van der Waals surface area contributed by atoms with Gasteiger partial charge in [-0.05, 0) is 58.6 Å². The zero-order chi connectivity index (χ0) is 18.3. The van der Waals surface area contributed by atoms with Gasteiger partial charge in [0, 0.05) is 12.6 Å². The summed E-state index contributed by atoms with van der Waals surface area (Å²) in [5.41, 5.74) is 1.47. The highest BCUT2D eigenvalue weighted by Gasteiger charge is 2.51. The third kappa shape index (κ3) is 3.36. The quantitative estimate of drug-likeness (QED) is 0.853. The van der Waals surface area contributed by atoms with E-state index in [0.717, 1.165) is 11.0 Å². The van der Waals surface area contributed by atoms with E-state index in [0.29, 0.717) is 5.56 Å². The topological polar surface area (TPSA) is 59.0 Å². The molecule has 0 spiro atoms. The van der Waals surface area contributed by atoms with Crippen molar-refractivity contribution in [2.45, 2.75) is 58.8 Å². The average molecular weight is 333 g/mol. The predicted molar refractivity (Wildman–Crippen MR) is 95.5 cm³/mol. The molecule has 0 radical (unpaired) electrons. The maximum atomic E-state index is 12.7. The van der Waals surface area contributed by atoms with Gasteiger partial charge >= 0.3 is 7.12 Å². The van der Waals surface area contributed by atoms with E-state index in [-0.39, 0.29) is 18.6 Å². The second kappa shape index (κ2) is 6.50. The fourth-order valence-corrected chi connectivity index (χ4v) is 2.51. The molecule has 132 valence electrons. The lowest BCUT2D eigenvalue weighted by atomic mass is 9.77. The molecule has 24 heavy (non-hydrogen) atoms. The van der Waals surface area contributed by atoms with Crippen LogP contribution in [0.15, 0.2) is 18.2 Å². The van der Waals surface area contributed by atoms with E-state index in [1.54, 1.807) is 11.9 Å². The number of carbonyl (C=O) groups excluding carboxylic acids is 1. The Labute approximate surface area is 145 Å². The number of aliphatic hydroxyl groups is 1. The first-order valence-electron chi connectivity index (χ1n) is 8.34. The number of nitrogens with zero attached hydrogens (tertiary/aromatic N) is 1. The minimum Gasteiger partial charge on any atom is -0.399 e. The highest BCUT2D eigenvalue weighted by atomic mass is 16.7. The van der Waals surface area contributed by atoms with Crippen molar-refractivity contribution in [1.82, 2.24) is 4.90 Å². The largest absolute Gasteiger partial charge is 0.494 e. The molecule has 0 aromatic heterocycles. The molecule has 1 amide bonds. The zero-order valence-electron chi connectivity index (χ0n) is 15.7. The van der Waals surface area contributed by atoms with Gasteiger partial charge in [-0.3, -0.25) is 4.79 Å². The van der Waals surface area contributed by atoms with Crippen LogP contribution in [0.1, 0.15) is 50.5 Å². The van der Waals surface area contributed by atoms with E-state index in [2.05, 4.69) is 0 Å². The van der Waals surface area contributed by atoms with Crippen LogP contribution in [0.2, 0.25) is 0 Å². The number of hydrogen-bond donors (Lipinski definition) is 1. The Kier molecular flexibility index (Phi) is 5.14. The van der Waals surface area contributed by atoms with Crippen LogP contribution < -0.4 is 5.46 Å².